The standard InChI is InChI=1S/C14H19FN6OS/c1-2-11(15)4-3-7-18-14(22)10-5-6-13(19-8-10)23-9-12(16)20-21-17/h2-6,8,21H,7,9,17H2,1H3,(H2,16,20)(H,18,22)/b4-3-,11-2+. The third kappa shape index (κ3) is 7.43. The number of thioether (sulfide) groups is 1. The van der Waals surface area contributed by atoms with Crippen LogP contribution in [0, 0.1) is 0 Å². The van der Waals surface area contributed by atoms with Gasteiger partial charge in [-0.15, -0.1) is 0 Å². The first kappa shape index (κ1) is 18.7. The number of carbonyl (C=O) groups excluding carboxylic acids is 1. The molecule has 0 spiro atoms. The summed E-state index contributed by atoms with van der Waals surface area (Å²) < 4.78 is 12.8. The lowest BCUT2D eigenvalue weighted by Gasteiger charge is -2.04. The third-order valence-electron chi connectivity index (χ3n) is 2.51. The quantitative estimate of drug-likeness (QED) is 0.141. The number of hydrogen-bond acceptors (Lipinski definition) is 6. The number of allylic oxidation sites excluding steroid dienone is 3. The van der Waals surface area contributed by atoms with E-state index < -0.39 is 0 Å². The summed E-state index contributed by atoms with van der Waals surface area (Å²) in [5, 5.41) is 6.96. The molecule has 0 aliphatic heterocycles. The first-order chi connectivity index (χ1) is 11.1. The largest absolute Gasteiger partial charge is 0.385 e. The summed E-state index contributed by atoms with van der Waals surface area (Å²) in [6.07, 6.45) is 5.61. The SMILES string of the molecule is C/C=C(F)\C=C/CNC(=O)c1ccc(SC/C(N)=N/NN)nc1. The van der Waals surface area contributed by atoms with Crippen LogP contribution in [0.1, 0.15) is 17.3 Å². The van der Waals surface area contributed by atoms with E-state index in [0.29, 0.717) is 22.2 Å². The van der Waals surface area contributed by atoms with E-state index in [-0.39, 0.29) is 18.3 Å². The maximum absolute atomic E-state index is 12.8. The molecule has 0 fully saturated rings. The monoisotopic (exact) mass is 338 g/mol. The first-order valence-corrected chi connectivity index (χ1v) is 7.68. The van der Waals surface area contributed by atoms with Gasteiger partial charge in [-0.3, -0.25) is 4.79 Å². The lowest BCUT2D eigenvalue weighted by Crippen LogP contribution is -2.24. The highest BCUT2D eigenvalue weighted by atomic mass is 32.2. The highest BCUT2D eigenvalue weighted by Crippen LogP contribution is 2.14. The van der Waals surface area contributed by atoms with E-state index in [2.05, 4.69) is 20.9 Å². The summed E-state index contributed by atoms with van der Waals surface area (Å²) in [5.41, 5.74) is 8.09. The molecule has 1 rings (SSSR count). The fourth-order valence-corrected chi connectivity index (χ4v) is 2.04. The van der Waals surface area contributed by atoms with E-state index in [9.17, 15) is 9.18 Å². The molecule has 0 aliphatic carbocycles. The number of hydrazine groups is 1. The number of amides is 1. The highest BCUT2D eigenvalue weighted by Gasteiger charge is 2.05. The Bertz CT molecular complexity index is 600. The molecule has 1 aromatic heterocycles. The molecule has 0 saturated carbocycles. The molecule has 124 valence electrons. The van der Waals surface area contributed by atoms with Gasteiger partial charge >= 0.3 is 0 Å². The van der Waals surface area contributed by atoms with Crippen LogP contribution in [-0.2, 0) is 0 Å². The Kier molecular flexibility index (Phi) is 8.40. The van der Waals surface area contributed by atoms with E-state index in [1.54, 1.807) is 19.1 Å². The zero-order valence-corrected chi connectivity index (χ0v) is 13.4. The van der Waals surface area contributed by atoms with Crippen molar-refractivity contribution in [3.63, 3.8) is 0 Å². The van der Waals surface area contributed by atoms with Crippen LogP contribution in [0.3, 0.4) is 0 Å². The second-order valence-corrected chi connectivity index (χ2v) is 5.19. The summed E-state index contributed by atoms with van der Waals surface area (Å²) in [6.45, 7) is 1.82. The van der Waals surface area contributed by atoms with Crippen molar-refractivity contribution in [2.45, 2.75) is 11.9 Å². The number of hydrazone groups is 1. The molecule has 23 heavy (non-hydrogen) atoms. The van der Waals surface area contributed by atoms with Crippen LogP contribution in [0.5, 0.6) is 0 Å². The lowest BCUT2D eigenvalue weighted by atomic mass is 10.2. The summed E-state index contributed by atoms with van der Waals surface area (Å²) in [4.78, 5) is 16.0. The minimum Gasteiger partial charge on any atom is -0.385 e. The van der Waals surface area contributed by atoms with Gasteiger partial charge in [-0.25, -0.2) is 20.8 Å². The molecule has 6 N–H and O–H groups in total. The highest BCUT2D eigenvalue weighted by molar-refractivity contribution is 7.99. The van der Waals surface area contributed by atoms with Gasteiger partial charge in [-0.1, -0.05) is 23.9 Å². The lowest BCUT2D eigenvalue weighted by molar-refractivity contribution is 0.0957. The van der Waals surface area contributed by atoms with E-state index in [1.807, 2.05) is 0 Å². The molecule has 0 aromatic carbocycles. The number of aromatic nitrogens is 1. The molecule has 1 heterocycles. The Labute approximate surface area is 138 Å². The summed E-state index contributed by atoms with van der Waals surface area (Å²) >= 11 is 1.36. The number of halogens is 1. The van der Waals surface area contributed by atoms with Crippen LogP contribution < -0.4 is 22.4 Å². The van der Waals surface area contributed by atoms with Crippen molar-refractivity contribution >= 4 is 23.5 Å². The number of rotatable bonds is 8. The number of nitrogens with zero attached hydrogens (tertiary/aromatic N) is 2. The fourth-order valence-electron chi connectivity index (χ4n) is 1.38. The Morgan fingerprint density at radius 3 is 2.91 bits per heavy atom. The molecule has 1 aromatic rings. The molecule has 0 radical (unpaired) electrons. The summed E-state index contributed by atoms with van der Waals surface area (Å²) in [6, 6.07) is 3.35. The number of pyridine rings is 1. The van der Waals surface area contributed by atoms with Crippen molar-refractivity contribution in [2.75, 3.05) is 12.3 Å². The topological polar surface area (TPSA) is 118 Å². The Morgan fingerprint density at radius 2 is 2.30 bits per heavy atom. The summed E-state index contributed by atoms with van der Waals surface area (Å²) in [7, 11) is 0. The Hall–Kier alpha value is -2.39. The number of nitrogens with one attached hydrogen (secondary N) is 2. The maximum atomic E-state index is 12.8. The van der Waals surface area contributed by atoms with Gasteiger partial charge in [0.2, 0.25) is 0 Å². The number of carbonyl (C=O) groups is 1. The minimum atomic E-state index is -0.352. The molecule has 1 amide bonds. The zero-order chi connectivity index (χ0) is 17.1. The van der Waals surface area contributed by atoms with Crippen LogP contribution in [0.4, 0.5) is 4.39 Å². The zero-order valence-electron chi connectivity index (χ0n) is 12.6. The Morgan fingerprint density at radius 1 is 1.52 bits per heavy atom. The number of nitrogens with two attached hydrogens (primary N) is 2. The second-order valence-electron chi connectivity index (χ2n) is 4.19. The van der Waals surface area contributed by atoms with Crippen molar-refractivity contribution in [2.24, 2.45) is 16.7 Å². The molecule has 0 aliphatic rings. The van der Waals surface area contributed by atoms with Crippen molar-refractivity contribution in [3.8, 4) is 0 Å². The van der Waals surface area contributed by atoms with Gasteiger partial charge in [-0.2, -0.15) is 5.10 Å². The molecule has 9 heteroatoms. The van der Waals surface area contributed by atoms with Gasteiger partial charge in [0.05, 0.1) is 16.3 Å². The van der Waals surface area contributed by atoms with Crippen LogP contribution in [0.25, 0.3) is 0 Å². The number of amidine groups is 1. The average molecular weight is 338 g/mol. The van der Waals surface area contributed by atoms with Crippen molar-refractivity contribution in [3.05, 3.63) is 47.9 Å². The van der Waals surface area contributed by atoms with Crippen molar-refractivity contribution < 1.29 is 9.18 Å². The third-order valence-corrected chi connectivity index (χ3v) is 3.49. The first-order valence-electron chi connectivity index (χ1n) is 6.70. The molecule has 0 bridgehead atoms. The van der Waals surface area contributed by atoms with E-state index in [1.165, 1.54) is 36.2 Å². The second kappa shape index (κ2) is 10.4. The fraction of sp³-hybridized carbons (Fsp3) is 0.214. The average Bonchev–Trinajstić information content (AvgIpc) is 2.57. The smallest absolute Gasteiger partial charge is 0.253 e. The molecule has 0 unspecified atom stereocenters. The summed E-state index contributed by atoms with van der Waals surface area (Å²) in [5.74, 6) is 5.13. The van der Waals surface area contributed by atoms with Gasteiger partial charge in [0.1, 0.15) is 11.7 Å². The van der Waals surface area contributed by atoms with Gasteiger partial charge < -0.3 is 11.1 Å². The predicted molar refractivity (Wildman–Crippen MR) is 90.2 cm³/mol. The van der Waals surface area contributed by atoms with E-state index >= 15 is 0 Å². The normalized spacial score (nSPS) is 12.5. The van der Waals surface area contributed by atoms with Crippen LogP contribution in [0.15, 0.2) is 52.5 Å². The molecular formula is C14H19FN6OS. The molecule has 0 saturated heterocycles. The van der Waals surface area contributed by atoms with Crippen LogP contribution in [-0.4, -0.2) is 29.0 Å². The van der Waals surface area contributed by atoms with Crippen LogP contribution in [0.2, 0.25) is 0 Å². The predicted octanol–water partition coefficient (Wildman–Crippen LogP) is 1.07. The van der Waals surface area contributed by atoms with Gasteiger partial charge in [0.15, 0.2) is 0 Å². The van der Waals surface area contributed by atoms with E-state index in [0.717, 1.165) is 0 Å². The maximum Gasteiger partial charge on any atom is 0.253 e. The van der Waals surface area contributed by atoms with Crippen molar-refractivity contribution in [1.29, 1.82) is 0 Å². The molecular weight excluding hydrogens is 319 g/mol. The van der Waals surface area contributed by atoms with Gasteiger partial charge in [0.25, 0.3) is 5.91 Å². The number of hydrogen-bond donors (Lipinski definition) is 4. The van der Waals surface area contributed by atoms with E-state index in [4.69, 9.17) is 11.6 Å². The minimum absolute atomic E-state index is 0.232. The van der Waals surface area contributed by atoms with Gasteiger partial charge in [0, 0.05) is 12.7 Å². The molecule has 0 atom stereocenters. The molecule has 7 nitrogen and oxygen atoms in total. The van der Waals surface area contributed by atoms with Crippen LogP contribution >= 0.6 is 11.8 Å². The Balaban J connectivity index is 2.48. The van der Waals surface area contributed by atoms with Crippen molar-refractivity contribution in [1.82, 2.24) is 15.8 Å². The van der Waals surface area contributed by atoms with Gasteiger partial charge in [-0.05, 0) is 25.1 Å².